The molecule has 0 radical (unpaired) electrons. The van der Waals surface area contributed by atoms with Gasteiger partial charge in [-0.3, -0.25) is 5.10 Å². The maximum absolute atomic E-state index is 4.35. The Labute approximate surface area is 90.2 Å². The third kappa shape index (κ3) is 2.33. The Morgan fingerprint density at radius 1 is 1.43 bits per heavy atom. The minimum Gasteiger partial charge on any atom is -0.263 e. The van der Waals surface area contributed by atoms with Gasteiger partial charge in [-0.1, -0.05) is 11.8 Å². The molecule has 2 heterocycles. The smallest absolute Gasteiger partial charge is 0.160 e. The van der Waals surface area contributed by atoms with Crippen LogP contribution in [0.15, 0.2) is 9.72 Å². The highest BCUT2D eigenvalue weighted by molar-refractivity contribution is 8.00. The summed E-state index contributed by atoms with van der Waals surface area (Å²) in [5.74, 6) is 2.47. The van der Waals surface area contributed by atoms with Crippen LogP contribution in [-0.2, 0) is 5.75 Å². The van der Waals surface area contributed by atoms with Crippen LogP contribution < -0.4 is 0 Å². The summed E-state index contributed by atoms with van der Waals surface area (Å²) in [6.07, 6.45) is 0. The topological polar surface area (TPSA) is 54.5 Å². The third-order valence-electron chi connectivity index (χ3n) is 1.57. The average Bonchev–Trinajstić information content (AvgIpc) is 2.72. The summed E-state index contributed by atoms with van der Waals surface area (Å²) in [6.45, 7) is 3.90. The summed E-state index contributed by atoms with van der Waals surface area (Å²) in [5.41, 5.74) is 1.07. The molecule has 0 amide bonds. The van der Waals surface area contributed by atoms with Crippen molar-refractivity contribution < 1.29 is 0 Å². The molecule has 2 rings (SSSR count). The van der Waals surface area contributed by atoms with Gasteiger partial charge >= 0.3 is 0 Å². The van der Waals surface area contributed by atoms with Crippen molar-refractivity contribution in [2.45, 2.75) is 23.9 Å². The lowest BCUT2D eigenvalue weighted by atomic mass is 10.6. The zero-order valence-corrected chi connectivity index (χ0v) is 9.58. The number of H-pyrrole nitrogens is 1. The molecule has 0 aliphatic heterocycles. The standard InChI is InChI=1S/C8H10N4S2/c1-5-3-13-8(9-5)14-4-7-10-6(2)11-12-7/h3H,4H2,1-2H3,(H,10,11,12). The first-order valence-electron chi connectivity index (χ1n) is 4.17. The van der Waals surface area contributed by atoms with Crippen molar-refractivity contribution in [2.24, 2.45) is 0 Å². The molecule has 0 saturated carbocycles. The predicted octanol–water partition coefficient (Wildman–Crippen LogP) is 2.17. The maximum Gasteiger partial charge on any atom is 0.160 e. The van der Waals surface area contributed by atoms with E-state index in [0.29, 0.717) is 0 Å². The molecule has 0 spiro atoms. The van der Waals surface area contributed by atoms with Gasteiger partial charge in [-0.05, 0) is 13.8 Å². The summed E-state index contributed by atoms with van der Waals surface area (Å²) in [4.78, 5) is 8.57. The van der Waals surface area contributed by atoms with E-state index in [1.54, 1.807) is 23.1 Å². The van der Waals surface area contributed by atoms with Crippen molar-refractivity contribution in [3.8, 4) is 0 Å². The van der Waals surface area contributed by atoms with E-state index in [0.717, 1.165) is 27.4 Å². The number of aromatic nitrogens is 4. The highest BCUT2D eigenvalue weighted by Gasteiger charge is 2.03. The molecule has 0 saturated heterocycles. The van der Waals surface area contributed by atoms with E-state index in [1.807, 2.05) is 19.2 Å². The van der Waals surface area contributed by atoms with Crippen LogP contribution >= 0.6 is 23.1 Å². The fourth-order valence-corrected chi connectivity index (χ4v) is 2.68. The lowest BCUT2D eigenvalue weighted by Gasteiger charge is -1.90. The number of nitrogens with one attached hydrogen (secondary N) is 1. The number of thiazole rings is 1. The Morgan fingerprint density at radius 2 is 2.29 bits per heavy atom. The molecule has 4 nitrogen and oxygen atoms in total. The van der Waals surface area contributed by atoms with Gasteiger partial charge in [0.2, 0.25) is 0 Å². The van der Waals surface area contributed by atoms with Crippen molar-refractivity contribution in [3.05, 3.63) is 22.7 Å². The lowest BCUT2D eigenvalue weighted by molar-refractivity contribution is 1.01. The van der Waals surface area contributed by atoms with Crippen molar-refractivity contribution in [1.29, 1.82) is 0 Å². The van der Waals surface area contributed by atoms with E-state index in [2.05, 4.69) is 20.2 Å². The molecule has 14 heavy (non-hydrogen) atoms. The Morgan fingerprint density at radius 3 is 2.86 bits per heavy atom. The lowest BCUT2D eigenvalue weighted by Crippen LogP contribution is -1.83. The molecule has 74 valence electrons. The fraction of sp³-hybridized carbons (Fsp3) is 0.375. The normalized spacial score (nSPS) is 10.7. The van der Waals surface area contributed by atoms with Gasteiger partial charge in [-0.15, -0.1) is 11.3 Å². The molecule has 0 atom stereocenters. The Balaban J connectivity index is 1.94. The summed E-state index contributed by atoms with van der Waals surface area (Å²) in [5, 5.41) is 8.92. The second-order valence-corrected chi connectivity index (χ2v) is 4.96. The van der Waals surface area contributed by atoms with Crippen LogP contribution in [0.2, 0.25) is 0 Å². The van der Waals surface area contributed by atoms with Gasteiger partial charge in [0.15, 0.2) is 10.2 Å². The molecule has 2 aromatic rings. The maximum atomic E-state index is 4.35. The van der Waals surface area contributed by atoms with Gasteiger partial charge in [-0.25, -0.2) is 9.97 Å². The van der Waals surface area contributed by atoms with Gasteiger partial charge in [0.25, 0.3) is 0 Å². The molecule has 6 heteroatoms. The number of thioether (sulfide) groups is 1. The molecule has 0 unspecified atom stereocenters. The summed E-state index contributed by atoms with van der Waals surface area (Å²) in [6, 6.07) is 0. The zero-order valence-electron chi connectivity index (χ0n) is 7.94. The van der Waals surface area contributed by atoms with Crippen LogP contribution in [0.25, 0.3) is 0 Å². The molecule has 0 bridgehead atoms. The van der Waals surface area contributed by atoms with E-state index in [-0.39, 0.29) is 0 Å². The minimum atomic E-state index is 0.775. The number of hydrogen-bond acceptors (Lipinski definition) is 5. The van der Waals surface area contributed by atoms with Gasteiger partial charge in [0, 0.05) is 11.1 Å². The van der Waals surface area contributed by atoms with E-state index in [9.17, 15) is 0 Å². The van der Waals surface area contributed by atoms with E-state index in [4.69, 9.17) is 0 Å². The summed E-state index contributed by atoms with van der Waals surface area (Å²) in [7, 11) is 0. The molecule has 0 aliphatic carbocycles. The van der Waals surface area contributed by atoms with Crippen LogP contribution in [0, 0.1) is 13.8 Å². The second kappa shape index (κ2) is 4.10. The number of hydrogen-bond donors (Lipinski definition) is 1. The van der Waals surface area contributed by atoms with E-state index < -0.39 is 0 Å². The fourth-order valence-electron chi connectivity index (χ4n) is 0.979. The van der Waals surface area contributed by atoms with Gasteiger partial charge in [0.05, 0.1) is 5.75 Å². The number of aromatic amines is 1. The Hall–Kier alpha value is -0.880. The minimum absolute atomic E-state index is 0.775. The molecule has 0 fully saturated rings. The van der Waals surface area contributed by atoms with E-state index in [1.165, 1.54) is 0 Å². The van der Waals surface area contributed by atoms with Crippen LogP contribution in [-0.4, -0.2) is 20.2 Å². The molecular formula is C8H10N4S2. The van der Waals surface area contributed by atoms with Crippen LogP contribution in [0.5, 0.6) is 0 Å². The number of nitrogens with zero attached hydrogens (tertiary/aromatic N) is 3. The van der Waals surface area contributed by atoms with Gasteiger partial charge < -0.3 is 0 Å². The molecular weight excluding hydrogens is 216 g/mol. The van der Waals surface area contributed by atoms with Crippen molar-refractivity contribution in [1.82, 2.24) is 20.2 Å². The number of rotatable bonds is 3. The van der Waals surface area contributed by atoms with Crippen LogP contribution in [0.4, 0.5) is 0 Å². The summed E-state index contributed by atoms with van der Waals surface area (Å²) >= 11 is 3.33. The van der Waals surface area contributed by atoms with Crippen LogP contribution in [0.3, 0.4) is 0 Å². The average molecular weight is 226 g/mol. The first kappa shape index (κ1) is 9.67. The monoisotopic (exact) mass is 226 g/mol. The largest absolute Gasteiger partial charge is 0.263 e. The second-order valence-electron chi connectivity index (χ2n) is 2.88. The van der Waals surface area contributed by atoms with Crippen molar-refractivity contribution in [3.63, 3.8) is 0 Å². The molecule has 2 aromatic heterocycles. The van der Waals surface area contributed by atoms with Gasteiger partial charge in [0.1, 0.15) is 5.82 Å². The predicted molar refractivity (Wildman–Crippen MR) is 57.5 cm³/mol. The Bertz CT molecular complexity index is 380. The SMILES string of the molecule is Cc1csc(SCc2n[nH]c(C)n2)n1. The Kier molecular flexibility index (Phi) is 2.83. The van der Waals surface area contributed by atoms with Crippen molar-refractivity contribution >= 4 is 23.1 Å². The van der Waals surface area contributed by atoms with Gasteiger partial charge in [-0.2, -0.15) is 5.10 Å². The quantitative estimate of drug-likeness (QED) is 0.815. The number of aryl methyl sites for hydroxylation is 2. The first-order valence-corrected chi connectivity index (χ1v) is 6.03. The highest BCUT2D eigenvalue weighted by atomic mass is 32.2. The summed E-state index contributed by atoms with van der Waals surface area (Å²) < 4.78 is 1.07. The highest BCUT2D eigenvalue weighted by Crippen LogP contribution is 2.24. The van der Waals surface area contributed by atoms with Crippen molar-refractivity contribution in [2.75, 3.05) is 0 Å². The molecule has 0 aliphatic rings. The molecule has 1 N–H and O–H groups in total. The first-order chi connectivity index (χ1) is 6.74. The van der Waals surface area contributed by atoms with E-state index >= 15 is 0 Å². The third-order valence-corrected chi connectivity index (χ3v) is 3.70. The molecule has 0 aromatic carbocycles. The van der Waals surface area contributed by atoms with Crippen LogP contribution in [0.1, 0.15) is 17.3 Å². The zero-order chi connectivity index (χ0) is 9.97.